The van der Waals surface area contributed by atoms with Gasteiger partial charge in [-0.05, 0) is 38.3 Å². The first-order chi connectivity index (χ1) is 12.8. The molecule has 0 radical (unpaired) electrons. The molecule has 3 rings (SSSR count). The summed E-state index contributed by atoms with van der Waals surface area (Å²) in [6.45, 7) is 13.5. The van der Waals surface area contributed by atoms with Gasteiger partial charge in [-0.25, -0.2) is 9.97 Å². The van der Waals surface area contributed by atoms with Gasteiger partial charge in [0.15, 0.2) is 5.96 Å². The molecule has 0 amide bonds. The Bertz CT molecular complexity index is 560. The lowest BCUT2D eigenvalue weighted by Crippen LogP contribution is -2.53. The molecule has 152 valence electrons. The minimum atomic E-state index is 0. The molecule has 3 heterocycles. The summed E-state index contributed by atoms with van der Waals surface area (Å²) < 4.78 is 0. The number of halogens is 1. The lowest BCUT2D eigenvalue weighted by Gasteiger charge is -2.36. The van der Waals surface area contributed by atoms with E-state index in [2.05, 4.69) is 43.8 Å². The Labute approximate surface area is 180 Å². The Morgan fingerprint density at radius 3 is 2.59 bits per heavy atom. The van der Waals surface area contributed by atoms with Crippen LogP contribution in [0.1, 0.15) is 26.7 Å². The van der Waals surface area contributed by atoms with E-state index in [0.717, 1.165) is 63.6 Å². The number of nitrogens with zero attached hydrogens (tertiary/aromatic N) is 6. The van der Waals surface area contributed by atoms with Gasteiger partial charge in [0.2, 0.25) is 5.95 Å². The Morgan fingerprint density at radius 1 is 1.19 bits per heavy atom. The van der Waals surface area contributed by atoms with Crippen LogP contribution in [0.15, 0.2) is 23.5 Å². The van der Waals surface area contributed by atoms with Gasteiger partial charge in [0.05, 0.1) is 6.54 Å². The maximum Gasteiger partial charge on any atom is 0.225 e. The van der Waals surface area contributed by atoms with Crippen LogP contribution in [0.3, 0.4) is 0 Å². The predicted octanol–water partition coefficient (Wildman–Crippen LogP) is 1.91. The van der Waals surface area contributed by atoms with Gasteiger partial charge < -0.3 is 20.0 Å². The fraction of sp³-hybridized carbons (Fsp3) is 0.737. The number of hydrogen-bond acceptors (Lipinski definition) is 5. The fourth-order valence-electron chi connectivity index (χ4n) is 3.79. The first-order valence-corrected chi connectivity index (χ1v) is 10.0. The number of aromatic nitrogens is 2. The minimum absolute atomic E-state index is 0. The highest BCUT2D eigenvalue weighted by atomic mass is 127. The molecule has 2 aliphatic rings. The summed E-state index contributed by atoms with van der Waals surface area (Å²) in [7, 11) is 0. The smallest absolute Gasteiger partial charge is 0.225 e. The number of likely N-dealkylation sites (tertiary alicyclic amines) is 1. The van der Waals surface area contributed by atoms with Crippen LogP contribution in [0.4, 0.5) is 5.95 Å². The van der Waals surface area contributed by atoms with Crippen molar-refractivity contribution in [3.63, 3.8) is 0 Å². The van der Waals surface area contributed by atoms with Crippen LogP contribution in [0.25, 0.3) is 0 Å². The lowest BCUT2D eigenvalue weighted by atomic mass is 10.0. The molecule has 0 aromatic carbocycles. The molecule has 1 atom stereocenters. The van der Waals surface area contributed by atoms with E-state index < -0.39 is 0 Å². The van der Waals surface area contributed by atoms with Crippen LogP contribution in [-0.2, 0) is 0 Å². The van der Waals surface area contributed by atoms with Crippen molar-refractivity contribution in [1.29, 1.82) is 0 Å². The van der Waals surface area contributed by atoms with Gasteiger partial charge >= 0.3 is 0 Å². The Hall–Kier alpha value is -1.16. The first-order valence-electron chi connectivity index (χ1n) is 10.0. The van der Waals surface area contributed by atoms with Gasteiger partial charge in [-0.3, -0.25) is 4.99 Å². The number of hydrogen-bond donors (Lipinski definition) is 1. The van der Waals surface area contributed by atoms with Gasteiger partial charge in [0.25, 0.3) is 0 Å². The number of anilines is 1. The molecule has 0 bridgehead atoms. The number of piperazine rings is 1. The SMILES string of the molecule is CCNC(=NCCN1CCCC(C)C1)N1CCN(c2ncccn2)CC1.I. The molecule has 8 heteroatoms. The van der Waals surface area contributed by atoms with E-state index in [9.17, 15) is 0 Å². The molecule has 2 aliphatic heterocycles. The zero-order valence-electron chi connectivity index (χ0n) is 16.7. The normalized spacial score (nSPS) is 21.7. The van der Waals surface area contributed by atoms with E-state index in [4.69, 9.17) is 4.99 Å². The number of piperidine rings is 1. The number of rotatable bonds is 5. The minimum Gasteiger partial charge on any atom is -0.357 e. The van der Waals surface area contributed by atoms with Crippen LogP contribution < -0.4 is 10.2 Å². The van der Waals surface area contributed by atoms with Crippen molar-refractivity contribution in [2.24, 2.45) is 10.9 Å². The third-order valence-corrected chi connectivity index (χ3v) is 5.17. The van der Waals surface area contributed by atoms with Gasteiger partial charge in [-0.1, -0.05) is 6.92 Å². The molecule has 1 unspecified atom stereocenters. The Balaban J connectivity index is 0.00000261. The summed E-state index contributed by atoms with van der Waals surface area (Å²) >= 11 is 0. The van der Waals surface area contributed by atoms with Crippen molar-refractivity contribution in [2.45, 2.75) is 26.7 Å². The molecular formula is C19H34IN7. The van der Waals surface area contributed by atoms with Crippen LogP contribution in [0, 0.1) is 5.92 Å². The maximum absolute atomic E-state index is 4.89. The molecule has 0 saturated carbocycles. The van der Waals surface area contributed by atoms with Crippen molar-refractivity contribution in [3.05, 3.63) is 18.5 Å². The highest BCUT2D eigenvalue weighted by Gasteiger charge is 2.21. The zero-order valence-corrected chi connectivity index (χ0v) is 19.0. The van der Waals surface area contributed by atoms with E-state index in [1.54, 1.807) is 0 Å². The monoisotopic (exact) mass is 487 g/mol. The Morgan fingerprint density at radius 2 is 1.93 bits per heavy atom. The molecular weight excluding hydrogens is 453 g/mol. The molecule has 7 nitrogen and oxygen atoms in total. The van der Waals surface area contributed by atoms with Crippen LogP contribution in [0.5, 0.6) is 0 Å². The second kappa shape index (κ2) is 11.6. The summed E-state index contributed by atoms with van der Waals surface area (Å²) in [6, 6.07) is 1.86. The van der Waals surface area contributed by atoms with E-state index >= 15 is 0 Å². The highest BCUT2D eigenvalue weighted by molar-refractivity contribution is 14.0. The van der Waals surface area contributed by atoms with E-state index in [1.807, 2.05) is 18.5 Å². The summed E-state index contributed by atoms with van der Waals surface area (Å²) in [4.78, 5) is 20.8. The standard InChI is InChI=1S/C19H33N7.HI/c1-3-20-18(23-9-11-24-10-4-6-17(2)16-24)25-12-14-26(15-13-25)19-21-7-5-8-22-19;/h5,7-8,17H,3-4,6,9-16H2,1-2H3,(H,20,23);1H. The van der Waals surface area contributed by atoms with Crippen molar-refractivity contribution >= 4 is 35.9 Å². The summed E-state index contributed by atoms with van der Waals surface area (Å²) in [5.41, 5.74) is 0. The number of nitrogens with one attached hydrogen (secondary N) is 1. The van der Waals surface area contributed by atoms with Gasteiger partial charge in [-0.2, -0.15) is 0 Å². The maximum atomic E-state index is 4.89. The summed E-state index contributed by atoms with van der Waals surface area (Å²) in [5.74, 6) is 2.70. The average molecular weight is 487 g/mol. The first kappa shape index (κ1) is 22.1. The second-order valence-electron chi connectivity index (χ2n) is 7.31. The van der Waals surface area contributed by atoms with E-state index in [0.29, 0.717) is 0 Å². The van der Waals surface area contributed by atoms with Gasteiger partial charge in [0, 0.05) is 58.2 Å². The van der Waals surface area contributed by atoms with Crippen LogP contribution in [-0.4, -0.2) is 84.6 Å². The molecule has 2 fully saturated rings. The molecule has 1 aromatic heterocycles. The van der Waals surface area contributed by atoms with Crippen molar-refractivity contribution in [2.75, 3.05) is 63.8 Å². The molecule has 1 aromatic rings. The van der Waals surface area contributed by atoms with Crippen molar-refractivity contribution in [1.82, 2.24) is 25.1 Å². The van der Waals surface area contributed by atoms with Gasteiger partial charge in [-0.15, -0.1) is 24.0 Å². The molecule has 1 N–H and O–H groups in total. The Kier molecular flexibility index (Phi) is 9.53. The van der Waals surface area contributed by atoms with Crippen LogP contribution >= 0.6 is 24.0 Å². The molecule has 0 aliphatic carbocycles. The van der Waals surface area contributed by atoms with Crippen LogP contribution in [0.2, 0.25) is 0 Å². The summed E-state index contributed by atoms with van der Waals surface area (Å²) in [5, 5.41) is 3.46. The third kappa shape index (κ3) is 6.74. The zero-order chi connectivity index (χ0) is 18.2. The average Bonchev–Trinajstić information content (AvgIpc) is 2.68. The molecule has 27 heavy (non-hydrogen) atoms. The molecule has 2 saturated heterocycles. The second-order valence-corrected chi connectivity index (χ2v) is 7.31. The lowest BCUT2D eigenvalue weighted by molar-refractivity contribution is 0.188. The topological polar surface area (TPSA) is 59.9 Å². The van der Waals surface area contributed by atoms with Crippen molar-refractivity contribution < 1.29 is 0 Å². The third-order valence-electron chi connectivity index (χ3n) is 5.17. The quantitative estimate of drug-likeness (QED) is 0.389. The van der Waals surface area contributed by atoms with Gasteiger partial charge in [0.1, 0.15) is 0 Å². The van der Waals surface area contributed by atoms with Crippen molar-refractivity contribution in [3.8, 4) is 0 Å². The summed E-state index contributed by atoms with van der Waals surface area (Å²) in [6.07, 6.45) is 6.32. The van der Waals surface area contributed by atoms with E-state index in [-0.39, 0.29) is 24.0 Å². The highest BCUT2D eigenvalue weighted by Crippen LogP contribution is 2.15. The number of guanidine groups is 1. The number of aliphatic imine (C=N–C) groups is 1. The molecule has 0 spiro atoms. The largest absolute Gasteiger partial charge is 0.357 e. The fourth-order valence-corrected chi connectivity index (χ4v) is 3.79. The van der Waals surface area contributed by atoms with E-state index in [1.165, 1.54) is 25.9 Å². The predicted molar refractivity (Wildman–Crippen MR) is 122 cm³/mol.